The summed E-state index contributed by atoms with van der Waals surface area (Å²) in [4.78, 5) is 21.2. The summed E-state index contributed by atoms with van der Waals surface area (Å²) in [6, 6.07) is 19.4. The fourth-order valence-electron chi connectivity index (χ4n) is 4.62. The summed E-state index contributed by atoms with van der Waals surface area (Å²) in [5.41, 5.74) is 7.59. The highest BCUT2D eigenvalue weighted by Gasteiger charge is 2.16. The minimum Gasteiger partial charge on any atom is -0.342 e. The van der Waals surface area contributed by atoms with Crippen LogP contribution in [0, 0.1) is 0 Å². The summed E-state index contributed by atoms with van der Waals surface area (Å²) in [5.74, 6) is 2.73. The Morgan fingerprint density at radius 1 is 0.647 bits per heavy atom. The van der Waals surface area contributed by atoms with Gasteiger partial charge in [-0.15, -0.1) is 0 Å². The molecule has 168 valence electrons. The molecular formula is C29H27N5. The summed E-state index contributed by atoms with van der Waals surface area (Å²) < 4.78 is 0. The monoisotopic (exact) mass is 445 g/mol. The van der Waals surface area contributed by atoms with E-state index in [0.717, 1.165) is 55.6 Å². The molecule has 3 aromatic heterocycles. The fraction of sp³-hybridized carbons (Fsp3) is 0.207. The van der Waals surface area contributed by atoms with Crippen LogP contribution in [0.5, 0.6) is 0 Å². The lowest BCUT2D eigenvalue weighted by Gasteiger charge is -2.09. The highest BCUT2D eigenvalue weighted by molar-refractivity contribution is 6.22. The minimum absolute atomic E-state index is 0.332. The Balaban J connectivity index is 1.48. The smallest absolute Gasteiger partial charge is 0.109 e. The van der Waals surface area contributed by atoms with Gasteiger partial charge in [0.2, 0.25) is 0 Å². The third kappa shape index (κ3) is 3.27. The lowest BCUT2D eigenvalue weighted by Crippen LogP contribution is -1.89. The zero-order valence-electron chi connectivity index (χ0n) is 19.8. The van der Waals surface area contributed by atoms with Crippen LogP contribution in [-0.4, -0.2) is 24.9 Å². The molecule has 0 aliphatic rings. The molecule has 6 rings (SSSR count). The van der Waals surface area contributed by atoms with Crippen LogP contribution in [-0.2, 0) is 0 Å². The molecular weight excluding hydrogens is 418 g/mol. The summed E-state index contributed by atoms with van der Waals surface area (Å²) in [6.07, 6.45) is 3.78. The maximum absolute atomic E-state index is 4.92. The molecule has 0 bridgehead atoms. The zero-order valence-corrected chi connectivity index (χ0v) is 19.8. The number of hydrogen-bond acceptors (Lipinski definition) is 3. The van der Waals surface area contributed by atoms with Crippen molar-refractivity contribution in [2.24, 2.45) is 0 Å². The Hall–Kier alpha value is -3.99. The van der Waals surface area contributed by atoms with Gasteiger partial charge in [0.25, 0.3) is 0 Å². The number of fused-ring (bicyclic) bond motifs is 6. The molecule has 0 atom stereocenters. The molecule has 0 saturated heterocycles. The van der Waals surface area contributed by atoms with Crippen LogP contribution in [0.25, 0.3) is 55.1 Å². The molecule has 0 saturated carbocycles. The second kappa shape index (κ2) is 7.80. The van der Waals surface area contributed by atoms with Gasteiger partial charge in [0.1, 0.15) is 11.6 Å². The SMILES string of the molecule is CC(C)c1ncc(-c2ccc(-c3ccc4c(c3)c3ncccc3c3nc(C(C)C)[nH]c43)cc2)[nH]1. The van der Waals surface area contributed by atoms with E-state index in [1.807, 2.05) is 18.5 Å². The fourth-order valence-corrected chi connectivity index (χ4v) is 4.62. The van der Waals surface area contributed by atoms with Crippen molar-refractivity contribution in [2.45, 2.75) is 39.5 Å². The van der Waals surface area contributed by atoms with Gasteiger partial charge in [0.15, 0.2) is 0 Å². The molecule has 3 aromatic carbocycles. The highest BCUT2D eigenvalue weighted by Crippen LogP contribution is 2.36. The Bertz CT molecular complexity index is 1650. The van der Waals surface area contributed by atoms with Crippen LogP contribution in [0.3, 0.4) is 0 Å². The summed E-state index contributed by atoms with van der Waals surface area (Å²) in [5, 5.41) is 3.37. The molecule has 0 radical (unpaired) electrons. The number of hydrogen-bond donors (Lipinski definition) is 2. The van der Waals surface area contributed by atoms with Crippen LogP contribution < -0.4 is 0 Å². The second-order valence-corrected chi connectivity index (χ2v) is 9.57. The molecule has 0 aliphatic heterocycles. The standard InChI is InChI=1S/C29H27N5/c1-16(2)28-31-15-24(32-28)19-9-7-18(8-10-19)20-11-12-21-23(14-20)25-22(6-5-13-30-25)27-26(21)33-29(34-27)17(3)4/h5-17H,1-4H3,(H,31,32)(H,33,34). The first-order chi connectivity index (χ1) is 16.5. The predicted octanol–water partition coefficient (Wildman–Crippen LogP) is 7.57. The van der Waals surface area contributed by atoms with Crippen molar-refractivity contribution >= 4 is 32.7 Å². The molecule has 0 spiro atoms. The van der Waals surface area contributed by atoms with E-state index < -0.39 is 0 Å². The van der Waals surface area contributed by atoms with E-state index in [0.29, 0.717) is 11.8 Å². The van der Waals surface area contributed by atoms with Crippen LogP contribution in [0.2, 0.25) is 0 Å². The first kappa shape index (κ1) is 20.6. The third-order valence-corrected chi connectivity index (χ3v) is 6.55. The van der Waals surface area contributed by atoms with E-state index in [-0.39, 0.29) is 0 Å². The first-order valence-electron chi connectivity index (χ1n) is 11.9. The minimum atomic E-state index is 0.332. The maximum Gasteiger partial charge on any atom is 0.109 e. The average Bonchev–Trinajstić information content (AvgIpc) is 3.53. The Labute approximate surface area is 198 Å². The molecule has 5 nitrogen and oxygen atoms in total. The predicted molar refractivity (Wildman–Crippen MR) is 140 cm³/mol. The third-order valence-electron chi connectivity index (χ3n) is 6.55. The van der Waals surface area contributed by atoms with Crippen molar-refractivity contribution in [3.05, 3.63) is 78.6 Å². The zero-order chi connectivity index (χ0) is 23.4. The number of rotatable bonds is 4. The molecule has 0 amide bonds. The lowest BCUT2D eigenvalue weighted by molar-refractivity contribution is 0.795. The summed E-state index contributed by atoms with van der Waals surface area (Å²) in [7, 11) is 0. The van der Waals surface area contributed by atoms with Gasteiger partial charge < -0.3 is 9.97 Å². The number of benzene rings is 3. The number of H-pyrrole nitrogens is 2. The van der Waals surface area contributed by atoms with E-state index in [1.165, 1.54) is 11.1 Å². The number of aromatic amines is 2. The van der Waals surface area contributed by atoms with Crippen LogP contribution in [0.15, 0.2) is 67.0 Å². The Kier molecular flexibility index (Phi) is 4.73. The van der Waals surface area contributed by atoms with Crippen molar-refractivity contribution in [3.8, 4) is 22.4 Å². The van der Waals surface area contributed by atoms with Gasteiger partial charge in [-0.2, -0.15) is 0 Å². The number of imidazole rings is 2. The van der Waals surface area contributed by atoms with Gasteiger partial charge in [0, 0.05) is 34.2 Å². The molecule has 0 fully saturated rings. The molecule has 0 aliphatic carbocycles. The Morgan fingerprint density at radius 3 is 2.12 bits per heavy atom. The van der Waals surface area contributed by atoms with E-state index in [4.69, 9.17) is 9.97 Å². The second-order valence-electron chi connectivity index (χ2n) is 9.57. The van der Waals surface area contributed by atoms with E-state index >= 15 is 0 Å². The molecule has 0 unspecified atom stereocenters. The molecule has 3 heterocycles. The normalized spacial score (nSPS) is 12.1. The van der Waals surface area contributed by atoms with Crippen molar-refractivity contribution in [3.63, 3.8) is 0 Å². The van der Waals surface area contributed by atoms with Crippen LogP contribution in [0.1, 0.15) is 51.2 Å². The summed E-state index contributed by atoms with van der Waals surface area (Å²) >= 11 is 0. The van der Waals surface area contributed by atoms with Crippen molar-refractivity contribution in [2.75, 3.05) is 0 Å². The topological polar surface area (TPSA) is 70.2 Å². The first-order valence-corrected chi connectivity index (χ1v) is 11.9. The number of nitrogens with one attached hydrogen (secondary N) is 2. The molecule has 5 heteroatoms. The van der Waals surface area contributed by atoms with Crippen LogP contribution >= 0.6 is 0 Å². The van der Waals surface area contributed by atoms with E-state index in [9.17, 15) is 0 Å². The lowest BCUT2D eigenvalue weighted by atomic mass is 9.97. The van der Waals surface area contributed by atoms with Gasteiger partial charge in [0.05, 0.1) is 28.4 Å². The number of pyridine rings is 1. The Morgan fingerprint density at radius 2 is 1.38 bits per heavy atom. The largest absolute Gasteiger partial charge is 0.342 e. The highest BCUT2D eigenvalue weighted by atomic mass is 14.9. The van der Waals surface area contributed by atoms with Gasteiger partial charge in [-0.1, -0.05) is 64.1 Å². The molecule has 6 aromatic rings. The van der Waals surface area contributed by atoms with Crippen LogP contribution in [0.4, 0.5) is 0 Å². The molecule has 34 heavy (non-hydrogen) atoms. The molecule has 2 N–H and O–H groups in total. The van der Waals surface area contributed by atoms with Gasteiger partial charge in [-0.25, -0.2) is 9.97 Å². The average molecular weight is 446 g/mol. The van der Waals surface area contributed by atoms with Gasteiger partial charge >= 0.3 is 0 Å². The maximum atomic E-state index is 4.92. The van der Waals surface area contributed by atoms with E-state index in [1.54, 1.807) is 0 Å². The van der Waals surface area contributed by atoms with E-state index in [2.05, 4.69) is 91.2 Å². The van der Waals surface area contributed by atoms with Gasteiger partial charge in [-0.05, 0) is 34.9 Å². The number of nitrogens with zero attached hydrogens (tertiary/aromatic N) is 3. The van der Waals surface area contributed by atoms with Gasteiger partial charge in [-0.3, -0.25) is 4.98 Å². The van der Waals surface area contributed by atoms with Crippen molar-refractivity contribution < 1.29 is 0 Å². The quantitative estimate of drug-likeness (QED) is 0.275. The van der Waals surface area contributed by atoms with Crippen molar-refractivity contribution in [1.29, 1.82) is 0 Å². The summed E-state index contributed by atoms with van der Waals surface area (Å²) in [6.45, 7) is 8.61. The van der Waals surface area contributed by atoms with Crippen molar-refractivity contribution in [1.82, 2.24) is 24.9 Å². The number of aromatic nitrogens is 5.